The van der Waals surface area contributed by atoms with Gasteiger partial charge < -0.3 is 9.62 Å². The number of para-hydroxylation sites is 2. The van der Waals surface area contributed by atoms with E-state index in [0.717, 1.165) is 46.7 Å². The zero-order chi connectivity index (χ0) is 30.0. The topological polar surface area (TPSA) is 32.3 Å². The van der Waals surface area contributed by atoms with Crippen molar-refractivity contribution in [2.45, 2.75) is 12.8 Å². The Morgan fingerprint density at radius 1 is 0.511 bits per heavy atom. The van der Waals surface area contributed by atoms with Crippen LogP contribution in [-0.4, -0.2) is 17.0 Å². The zero-order valence-electron chi connectivity index (χ0n) is 24.9. The summed E-state index contributed by atoms with van der Waals surface area (Å²) in [7, 11) is 0. The number of allylic oxidation sites excluding steroid dienone is 3. The fourth-order valence-corrected chi connectivity index (χ4v) is 6.44. The van der Waals surface area contributed by atoms with Gasteiger partial charge in [0, 0.05) is 39.5 Å². The van der Waals surface area contributed by atoms with Gasteiger partial charge in [0.15, 0.2) is 5.82 Å². The average Bonchev–Trinajstić information content (AvgIpc) is 3.48. The highest BCUT2D eigenvalue weighted by Crippen LogP contribution is 2.40. The first-order valence-electron chi connectivity index (χ1n) is 15.5. The summed E-state index contributed by atoms with van der Waals surface area (Å²) in [6.45, 7) is -0.0261. The molecule has 45 heavy (non-hydrogen) atoms. The lowest BCUT2D eigenvalue weighted by molar-refractivity contribution is 0.928. The van der Waals surface area contributed by atoms with Gasteiger partial charge in [-0.1, -0.05) is 127 Å². The van der Waals surface area contributed by atoms with Gasteiger partial charge in [0.1, 0.15) is 0 Å². The number of hydrogen-bond acceptors (Lipinski definition) is 4. The third-order valence-corrected chi connectivity index (χ3v) is 8.56. The molecule has 1 aliphatic carbocycles. The van der Waals surface area contributed by atoms with Gasteiger partial charge in [-0.3, -0.25) is 0 Å². The standard InChI is InChI=1S/C40H31BN4/c1-5-15-30(16-6-1)36-29-37(43-40(42-36)32-17-7-2-8-18-32)31-25-27-33(28-26-31)41-44(34-19-9-3-10-20-34)38-23-13-14-24-39(38)45(41)35-21-11-4-12-22-35/h1-13,15-23,25-29H,14,24H2. The van der Waals surface area contributed by atoms with Crippen LogP contribution in [0.15, 0.2) is 175 Å². The Hall–Kier alpha value is -5.68. The lowest BCUT2D eigenvalue weighted by atomic mass is 9.64. The molecule has 0 radical (unpaired) electrons. The van der Waals surface area contributed by atoms with E-state index in [1.165, 1.54) is 28.2 Å². The predicted octanol–water partition coefficient (Wildman–Crippen LogP) is 8.76. The largest absolute Gasteiger partial charge is 0.420 e. The molecular formula is C40H31BN4. The van der Waals surface area contributed by atoms with E-state index in [-0.39, 0.29) is 6.98 Å². The van der Waals surface area contributed by atoms with Crippen molar-refractivity contribution >= 4 is 23.8 Å². The lowest BCUT2D eigenvalue weighted by Gasteiger charge is -2.32. The summed E-state index contributed by atoms with van der Waals surface area (Å²) < 4.78 is 0. The SMILES string of the molecule is C1=CC2=C(CC1)N(c1ccccc1)B(c1ccc(-c3cc(-c4ccccc4)nc(-c4ccccc4)n3)cc1)N2c1ccccc1. The van der Waals surface area contributed by atoms with Crippen molar-refractivity contribution < 1.29 is 0 Å². The van der Waals surface area contributed by atoms with Gasteiger partial charge in [0.05, 0.1) is 11.4 Å². The van der Waals surface area contributed by atoms with Crippen LogP contribution in [0.2, 0.25) is 0 Å². The molecule has 2 aliphatic rings. The molecule has 5 heteroatoms. The van der Waals surface area contributed by atoms with E-state index in [2.05, 4.69) is 149 Å². The average molecular weight is 579 g/mol. The highest BCUT2D eigenvalue weighted by Gasteiger charge is 2.44. The maximum absolute atomic E-state index is 5.06. The van der Waals surface area contributed by atoms with Gasteiger partial charge in [-0.05, 0) is 54.7 Å². The number of hydrogen-bond donors (Lipinski definition) is 0. The quantitative estimate of drug-likeness (QED) is 0.185. The summed E-state index contributed by atoms with van der Waals surface area (Å²) in [5.74, 6) is 0.723. The predicted molar refractivity (Wildman–Crippen MR) is 187 cm³/mol. The van der Waals surface area contributed by atoms with E-state index in [4.69, 9.17) is 9.97 Å². The first kappa shape index (κ1) is 26.9. The number of benzene rings is 5. The molecule has 0 amide bonds. The molecule has 0 N–H and O–H groups in total. The van der Waals surface area contributed by atoms with Crippen molar-refractivity contribution in [1.82, 2.24) is 9.97 Å². The van der Waals surface area contributed by atoms with Crippen LogP contribution >= 0.6 is 0 Å². The minimum atomic E-state index is -0.0261. The molecule has 5 aromatic carbocycles. The van der Waals surface area contributed by atoms with Crippen molar-refractivity contribution in [1.29, 1.82) is 0 Å². The smallest absolute Gasteiger partial charge is 0.363 e. The van der Waals surface area contributed by atoms with Crippen LogP contribution in [0.3, 0.4) is 0 Å². The van der Waals surface area contributed by atoms with Crippen LogP contribution < -0.4 is 15.1 Å². The summed E-state index contributed by atoms with van der Waals surface area (Å²) in [6.07, 6.45) is 6.64. The minimum absolute atomic E-state index is 0.0261. The number of rotatable bonds is 6. The summed E-state index contributed by atoms with van der Waals surface area (Å²) in [5, 5.41) is 0. The second-order valence-electron chi connectivity index (χ2n) is 11.4. The number of anilines is 2. The number of nitrogens with zero attached hydrogens (tertiary/aromatic N) is 4. The second kappa shape index (κ2) is 11.8. The normalized spacial score (nSPS) is 14.2. The van der Waals surface area contributed by atoms with E-state index < -0.39 is 0 Å². The molecule has 1 aromatic heterocycles. The van der Waals surface area contributed by atoms with Crippen molar-refractivity contribution in [3.8, 4) is 33.9 Å². The Balaban J connectivity index is 1.24. The maximum atomic E-state index is 5.06. The highest BCUT2D eigenvalue weighted by atomic mass is 15.3. The molecule has 0 saturated heterocycles. The van der Waals surface area contributed by atoms with E-state index >= 15 is 0 Å². The summed E-state index contributed by atoms with van der Waals surface area (Å²) in [4.78, 5) is 15.0. The second-order valence-corrected chi connectivity index (χ2v) is 11.4. The monoisotopic (exact) mass is 578 g/mol. The molecule has 214 valence electrons. The van der Waals surface area contributed by atoms with E-state index in [0.29, 0.717) is 0 Å². The van der Waals surface area contributed by atoms with Gasteiger partial charge in [0.25, 0.3) is 0 Å². The molecule has 0 atom stereocenters. The third kappa shape index (κ3) is 5.13. The molecule has 0 saturated carbocycles. The fraction of sp³-hybridized carbons (Fsp3) is 0.0500. The molecule has 0 bridgehead atoms. The first-order chi connectivity index (χ1) is 22.3. The molecule has 6 aromatic rings. The van der Waals surface area contributed by atoms with Crippen LogP contribution in [0.4, 0.5) is 11.4 Å². The van der Waals surface area contributed by atoms with Crippen LogP contribution in [0.25, 0.3) is 33.9 Å². The molecule has 0 spiro atoms. The van der Waals surface area contributed by atoms with Crippen molar-refractivity contribution in [3.05, 3.63) is 175 Å². The van der Waals surface area contributed by atoms with E-state index in [1.54, 1.807) is 0 Å². The van der Waals surface area contributed by atoms with Crippen LogP contribution in [0.1, 0.15) is 12.8 Å². The molecule has 2 heterocycles. The summed E-state index contributed by atoms with van der Waals surface area (Å²) >= 11 is 0. The molecule has 1 aliphatic heterocycles. The molecule has 0 fully saturated rings. The van der Waals surface area contributed by atoms with Gasteiger partial charge in [0.2, 0.25) is 0 Å². The van der Waals surface area contributed by atoms with Gasteiger partial charge >= 0.3 is 6.98 Å². The Morgan fingerprint density at radius 2 is 1.02 bits per heavy atom. The molecule has 8 rings (SSSR count). The Kier molecular flexibility index (Phi) is 7.05. The van der Waals surface area contributed by atoms with Crippen LogP contribution in [-0.2, 0) is 0 Å². The Morgan fingerprint density at radius 3 is 1.62 bits per heavy atom. The van der Waals surface area contributed by atoms with Gasteiger partial charge in [-0.2, -0.15) is 0 Å². The van der Waals surface area contributed by atoms with Crippen molar-refractivity contribution in [3.63, 3.8) is 0 Å². The summed E-state index contributed by atoms with van der Waals surface area (Å²) in [6, 6.07) is 53.1. The Bertz CT molecular complexity index is 1930. The van der Waals surface area contributed by atoms with E-state index in [1.807, 2.05) is 24.3 Å². The van der Waals surface area contributed by atoms with Gasteiger partial charge in [-0.25, -0.2) is 9.97 Å². The minimum Gasteiger partial charge on any atom is -0.363 e. The first-order valence-corrected chi connectivity index (χ1v) is 15.5. The zero-order valence-corrected chi connectivity index (χ0v) is 24.9. The van der Waals surface area contributed by atoms with Crippen molar-refractivity contribution in [2.75, 3.05) is 9.62 Å². The fourth-order valence-electron chi connectivity index (χ4n) is 6.44. The maximum Gasteiger partial charge on any atom is 0.420 e. The number of aromatic nitrogens is 2. The van der Waals surface area contributed by atoms with Crippen LogP contribution in [0, 0.1) is 0 Å². The Labute approximate surface area is 264 Å². The summed E-state index contributed by atoms with van der Waals surface area (Å²) in [5.41, 5.74) is 11.2. The van der Waals surface area contributed by atoms with Crippen molar-refractivity contribution in [2.24, 2.45) is 0 Å². The molecule has 4 nitrogen and oxygen atoms in total. The lowest BCUT2D eigenvalue weighted by Crippen LogP contribution is -2.54. The molecule has 0 unspecified atom stereocenters. The van der Waals surface area contributed by atoms with Crippen LogP contribution in [0.5, 0.6) is 0 Å². The highest BCUT2D eigenvalue weighted by molar-refractivity contribution is 6.82. The van der Waals surface area contributed by atoms with E-state index in [9.17, 15) is 0 Å². The third-order valence-electron chi connectivity index (χ3n) is 8.56. The molecular weight excluding hydrogens is 547 g/mol. The van der Waals surface area contributed by atoms with Gasteiger partial charge in [-0.15, -0.1) is 0 Å².